The van der Waals surface area contributed by atoms with Gasteiger partial charge in [-0.2, -0.15) is 8.42 Å². The molecular formula is C20H24N4O3S. The van der Waals surface area contributed by atoms with Gasteiger partial charge in [0.25, 0.3) is 10.0 Å². The number of para-hydroxylation sites is 1. The van der Waals surface area contributed by atoms with Gasteiger partial charge in [0.2, 0.25) is 5.91 Å². The highest BCUT2D eigenvalue weighted by Crippen LogP contribution is 2.28. The molecule has 1 amide bonds. The van der Waals surface area contributed by atoms with Crippen LogP contribution in [-0.2, 0) is 14.8 Å². The molecule has 2 aliphatic heterocycles. The Labute approximate surface area is 165 Å². The predicted molar refractivity (Wildman–Crippen MR) is 108 cm³/mol. The lowest BCUT2D eigenvalue weighted by atomic mass is 9.87. The van der Waals surface area contributed by atoms with Crippen molar-refractivity contribution < 1.29 is 13.2 Å². The van der Waals surface area contributed by atoms with E-state index >= 15 is 0 Å². The number of sulfonamides is 1. The van der Waals surface area contributed by atoms with Gasteiger partial charge in [0.1, 0.15) is 10.7 Å². The molecule has 0 bridgehead atoms. The van der Waals surface area contributed by atoms with Gasteiger partial charge in [-0.05, 0) is 37.3 Å². The maximum atomic E-state index is 12.4. The van der Waals surface area contributed by atoms with Crippen LogP contribution in [0.1, 0.15) is 32.1 Å². The number of allylic oxidation sites excluding steroid dienone is 2. The Morgan fingerprint density at radius 1 is 1.25 bits per heavy atom. The minimum atomic E-state index is -3.68. The number of hydrogen-bond donors (Lipinski definition) is 2. The number of carbonyl (C=O) groups is 1. The van der Waals surface area contributed by atoms with Crippen molar-refractivity contribution in [3.8, 4) is 0 Å². The van der Waals surface area contributed by atoms with Crippen LogP contribution in [0.15, 0.2) is 57.9 Å². The molecule has 7 nitrogen and oxygen atoms in total. The van der Waals surface area contributed by atoms with E-state index in [9.17, 15) is 13.2 Å². The number of piperidine rings is 1. The first-order valence-electron chi connectivity index (χ1n) is 9.64. The first-order valence-corrected chi connectivity index (χ1v) is 11.1. The van der Waals surface area contributed by atoms with Crippen LogP contribution < -0.4 is 10.7 Å². The maximum Gasteiger partial charge on any atom is 0.286 e. The average Bonchev–Trinajstić information content (AvgIpc) is 2.68. The molecule has 3 aliphatic rings. The van der Waals surface area contributed by atoms with E-state index in [1.54, 1.807) is 18.2 Å². The van der Waals surface area contributed by atoms with E-state index < -0.39 is 10.0 Å². The third kappa shape index (κ3) is 4.02. The second-order valence-electron chi connectivity index (χ2n) is 7.28. The van der Waals surface area contributed by atoms with Gasteiger partial charge >= 0.3 is 0 Å². The van der Waals surface area contributed by atoms with Gasteiger partial charge in [-0.15, -0.1) is 4.40 Å². The SMILES string of the molecule is O=C(CCCC1=NS(=O)(=O)c2ccccc2N1)NN1CCC[C@@H]2C=CC=C[C@@H]21. The zero-order valence-corrected chi connectivity index (χ0v) is 16.4. The van der Waals surface area contributed by atoms with Crippen LogP contribution in [0.4, 0.5) is 5.69 Å². The van der Waals surface area contributed by atoms with Crippen LogP contribution in [0, 0.1) is 5.92 Å². The Morgan fingerprint density at radius 2 is 2.07 bits per heavy atom. The summed E-state index contributed by atoms with van der Waals surface area (Å²) in [5.74, 6) is 0.776. The highest BCUT2D eigenvalue weighted by atomic mass is 32.2. The molecule has 0 saturated carbocycles. The summed E-state index contributed by atoms with van der Waals surface area (Å²) >= 11 is 0. The zero-order chi connectivity index (χ0) is 19.6. The third-order valence-corrected chi connectivity index (χ3v) is 6.65. The quantitative estimate of drug-likeness (QED) is 0.793. The van der Waals surface area contributed by atoms with E-state index in [1.165, 1.54) is 6.07 Å². The average molecular weight is 401 g/mol. The Hall–Kier alpha value is -2.45. The number of hydrazine groups is 1. The lowest BCUT2D eigenvalue weighted by Gasteiger charge is -2.39. The summed E-state index contributed by atoms with van der Waals surface area (Å²) in [6.07, 6.45) is 11.9. The van der Waals surface area contributed by atoms with Gasteiger partial charge in [-0.25, -0.2) is 5.01 Å². The van der Waals surface area contributed by atoms with Gasteiger partial charge in [0.05, 0.1) is 11.7 Å². The molecule has 4 rings (SSSR count). The Kier molecular flexibility index (Phi) is 5.32. The molecule has 0 unspecified atom stereocenters. The number of nitrogens with one attached hydrogen (secondary N) is 2. The van der Waals surface area contributed by atoms with Gasteiger partial charge < -0.3 is 5.32 Å². The highest BCUT2D eigenvalue weighted by Gasteiger charge is 2.30. The van der Waals surface area contributed by atoms with Crippen LogP contribution in [0.3, 0.4) is 0 Å². The first-order chi connectivity index (χ1) is 13.5. The standard InChI is InChI=1S/C20H24N4O3S/c25-20(22-24-14-6-8-15-7-1-3-10-17(15)24)13-5-12-19-21-16-9-2-4-11-18(16)28(26,27)23-19/h1-4,7,9-11,15,17H,5-6,8,12-14H2,(H,21,23)(H,22,25)/t15-,17-/m0/s1. The number of anilines is 1. The largest absolute Gasteiger partial charge is 0.342 e. The van der Waals surface area contributed by atoms with E-state index in [0.29, 0.717) is 36.7 Å². The predicted octanol–water partition coefficient (Wildman–Crippen LogP) is 2.61. The summed E-state index contributed by atoms with van der Waals surface area (Å²) in [4.78, 5) is 12.6. The molecule has 148 valence electrons. The van der Waals surface area contributed by atoms with E-state index in [0.717, 1.165) is 19.4 Å². The Morgan fingerprint density at radius 3 is 2.96 bits per heavy atom. The van der Waals surface area contributed by atoms with Crippen molar-refractivity contribution in [3.05, 3.63) is 48.6 Å². The van der Waals surface area contributed by atoms with Crippen molar-refractivity contribution in [2.45, 2.75) is 43.0 Å². The van der Waals surface area contributed by atoms with Gasteiger partial charge in [0, 0.05) is 19.4 Å². The normalized spacial score (nSPS) is 25.2. The highest BCUT2D eigenvalue weighted by molar-refractivity contribution is 7.90. The molecule has 1 saturated heterocycles. The van der Waals surface area contributed by atoms with Gasteiger partial charge in [0.15, 0.2) is 0 Å². The molecule has 1 aromatic rings. The summed E-state index contributed by atoms with van der Waals surface area (Å²) in [5, 5.41) is 5.08. The molecule has 0 aromatic heterocycles. The Bertz CT molecular complexity index is 952. The summed E-state index contributed by atoms with van der Waals surface area (Å²) < 4.78 is 28.3. The first kappa shape index (κ1) is 18.9. The molecule has 1 fully saturated rings. The minimum absolute atomic E-state index is 0.0525. The van der Waals surface area contributed by atoms with Gasteiger partial charge in [-0.1, -0.05) is 36.4 Å². The number of hydrogen-bond acceptors (Lipinski definition) is 5. The van der Waals surface area contributed by atoms with Gasteiger partial charge in [-0.3, -0.25) is 10.2 Å². The van der Waals surface area contributed by atoms with Crippen LogP contribution in [0.25, 0.3) is 0 Å². The lowest BCUT2D eigenvalue weighted by Crippen LogP contribution is -2.53. The van der Waals surface area contributed by atoms with Crippen molar-refractivity contribution in [1.82, 2.24) is 10.4 Å². The number of amides is 1. The van der Waals surface area contributed by atoms with E-state index in [-0.39, 0.29) is 16.8 Å². The van der Waals surface area contributed by atoms with Crippen LogP contribution >= 0.6 is 0 Å². The Balaban J connectivity index is 1.30. The number of carbonyl (C=O) groups excluding carboxylic acids is 1. The lowest BCUT2D eigenvalue weighted by molar-refractivity contribution is -0.127. The fraction of sp³-hybridized carbons (Fsp3) is 0.400. The molecular weight excluding hydrogens is 376 g/mol. The van der Waals surface area contributed by atoms with Crippen LogP contribution in [-0.4, -0.2) is 37.8 Å². The van der Waals surface area contributed by atoms with Crippen LogP contribution in [0.5, 0.6) is 0 Å². The topological polar surface area (TPSA) is 90.9 Å². The van der Waals surface area contributed by atoms with Crippen molar-refractivity contribution >= 4 is 27.5 Å². The number of fused-ring (bicyclic) bond motifs is 2. The second-order valence-corrected chi connectivity index (χ2v) is 8.86. The summed E-state index contributed by atoms with van der Waals surface area (Å²) in [6.45, 7) is 0.842. The molecule has 2 atom stereocenters. The monoisotopic (exact) mass is 400 g/mol. The van der Waals surface area contributed by atoms with Crippen molar-refractivity contribution in [3.63, 3.8) is 0 Å². The molecule has 28 heavy (non-hydrogen) atoms. The summed E-state index contributed by atoms with van der Waals surface area (Å²) in [7, 11) is -3.68. The number of rotatable bonds is 5. The fourth-order valence-corrected chi connectivity index (χ4v) is 5.10. The van der Waals surface area contributed by atoms with Crippen molar-refractivity contribution in [1.29, 1.82) is 0 Å². The maximum absolute atomic E-state index is 12.4. The molecule has 0 spiro atoms. The van der Waals surface area contributed by atoms with E-state index in [2.05, 4.69) is 33.4 Å². The summed E-state index contributed by atoms with van der Waals surface area (Å²) in [5.41, 5.74) is 3.55. The molecule has 2 heterocycles. The molecule has 0 radical (unpaired) electrons. The number of nitrogens with zero attached hydrogens (tertiary/aromatic N) is 2. The smallest absolute Gasteiger partial charge is 0.286 e. The molecule has 1 aliphatic carbocycles. The second kappa shape index (κ2) is 7.89. The summed E-state index contributed by atoms with van der Waals surface area (Å²) in [6, 6.07) is 6.91. The van der Waals surface area contributed by atoms with Crippen molar-refractivity contribution in [2.24, 2.45) is 10.3 Å². The molecule has 2 N–H and O–H groups in total. The van der Waals surface area contributed by atoms with Crippen molar-refractivity contribution in [2.75, 3.05) is 11.9 Å². The number of benzene rings is 1. The van der Waals surface area contributed by atoms with E-state index in [4.69, 9.17) is 0 Å². The van der Waals surface area contributed by atoms with Crippen LogP contribution in [0.2, 0.25) is 0 Å². The fourth-order valence-electron chi connectivity index (χ4n) is 3.93. The molecule has 1 aromatic carbocycles. The molecule has 8 heteroatoms. The number of amidine groups is 1. The third-order valence-electron chi connectivity index (χ3n) is 5.27. The zero-order valence-electron chi connectivity index (χ0n) is 15.5. The van der Waals surface area contributed by atoms with E-state index in [1.807, 2.05) is 11.1 Å². The minimum Gasteiger partial charge on any atom is -0.342 e.